The molecule has 0 spiro atoms. The van der Waals surface area contributed by atoms with Gasteiger partial charge in [0.05, 0.1) is 26.0 Å². The van der Waals surface area contributed by atoms with Crippen LogP contribution in [0.5, 0.6) is 11.5 Å². The predicted octanol–water partition coefficient (Wildman–Crippen LogP) is 5.31. The number of ether oxygens (including phenoxy) is 2. The third-order valence-corrected chi connectivity index (χ3v) is 7.16. The molecule has 0 saturated heterocycles. The Morgan fingerprint density at radius 3 is 2.58 bits per heavy atom. The number of halogens is 2. The summed E-state index contributed by atoms with van der Waals surface area (Å²) >= 11 is 2.79. The van der Waals surface area contributed by atoms with E-state index in [0.29, 0.717) is 29.4 Å². The molecule has 0 radical (unpaired) electrons. The first-order valence-electron chi connectivity index (χ1n) is 9.67. The Balaban J connectivity index is 1.63. The summed E-state index contributed by atoms with van der Waals surface area (Å²) in [5.74, 6) is -0.454. The molecule has 4 nitrogen and oxygen atoms in total. The highest BCUT2D eigenvalue weighted by molar-refractivity contribution is 8.00. The van der Waals surface area contributed by atoms with Gasteiger partial charge in [0, 0.05) is 16.3 Å². The molecule has 0 fully saturated rings. The van der Waals surface area contributed by atoms with Crippen LogP contribution in [0.1, 0.15) is 22.0 Å². The van der Waals surface area contributed by atoms with Gasteiger partial charge in [0.25, 0.3) is 0 Å². The van der Waals surface area contributed by atoms with Gasteiger partial charge in [0.2, 0.25) is 5.91 Å². The van der Waals surface area contributed by atoms with Gasteiger partial charge in [-0.3, -0.25) is 4.79 Å². The van der Waals surface area contributed by atoms with Crippen molar-refractivity contribution < 1.29 is 23.0 Å². The van der Waals surface area contributed by atoms with Crippen molar-refractivity contribution in [3.05, 3.63) is 75.5 Å². The van der Waals surface area contributed by atoms with Crippen LogP contribution in [0.2, 0.25) is 0 Å². The number of benzene rings is 2. The molecule has 8 heteroatoms. The summed E-state index contributed by atoms with van der Waals surface area (Å²) in [4.78, 5) is 16.6. The maximum Gasteiger partial charge on any atom is 0.233 e. The van der Waals surface area contributed by atoms with Crippen LogP contribution in [0.15, 0.2) is 52.7 Å². The SMILES string of the molecule is COc1cc2c(cc1OC)C(c1cccs1)N(C(=O)CSc1ccc(F)c(F)c1)CC2. The topological polar surface area (TPSA) is 38.8 Å². The number of carbonyl (C=O) groups is 1. The van der Waals surface area contributed by atoms with Crippen LogP contribution >= 0.6 is 23.1 Å². The number of thioether (sulfide) groups is 1. The molecule has 1 aromatic heterocycles. The van der Waals surface area contributed by atoms with Gasteiger partial charge < -0.3 is 14.4 Å². The number of amides is 1. The van der Waals surface area contributed by atoms with Crippen LogP contribution in [0.25, 0.3) is 0 Å². The minimum Gasteiger partial charge on any atom is -0.493 e. The molecule has 162 valence electrons. The van der Waals surface area contributed by atoms with E-state index < -0.39 is 11.6 Å². The van der Waals surface area contributed by atoms with Crippen molar-refractivity contribution in [1.82, 2.24) is 4.90 Å². The number of methoxy groups -OCH3 is 2. The molecule has 1 atom stereocenters. The molecule has 0 aliphatic carbocycles. The first-order chi connectivity index (χ1) is 15.0. The summed E-state index contributed by atoms with van der Waals surface area (Å²) in [5, 5.41) is 1.99. The second kappa shape index (κ2) is 9.28. The summed E-state index contributed by atoms with van der Waals surface area (Å²) in [7, 11) is 3.20. The van der Waals surface area contributed by atoms with Crippen molar-refractivity contribution in [3.8, 4) is 11.5 Å². The van der Waals surface area contributed by atoms with Crippen LogP contribution in [0.3, 0.4) is 0 Å². The summed E-state index contributed by atoms with van der Waals surface area (Å²) in [6.45, 7) is 0.558. The Bertz CT molecular complexity index is 1090. The van der Waals surface area contributed by atoms with Crippen LogP contribution in [-0.2, 0) is 11.2 Å². The number of carbonyl (C=O) groups excluding carboxylic acids is 1. The average molecular weight is 462 g/mol. The lowest BCUT2D eigenvalue weighted by molar-refractivity contribution is -0.130. The minimum absolute atomic E-state index is 0.0615. The number of hydrogen-bond acceptors (Lipinski definition) is 5. The lowest BCUT2D eigenvalue weighted by Crippen LogP contribution is -2.41. The van der Waals surface area contributed by atoms with Crippen molar-refractivity contribution in [3.63, 3.8) is 0 Å². The lowest BCUT2D eigenvalue weighted by atomic mass is 9.91. The minimum atomic E-state index is -0.915. The standard InChI is InChI=1S/C23H21F2NO3S2/c1-28-19-10-14-7-8-26(22(27)13-31-15-5-6-17(24)18(25)11-15)23(21-4-3-9-30-21)16(14)12-20(19)29-2/h3-6,9-12,23H,7-8,13H2,1-2H3. The number of fused-ring (bicyclic) bond motifs is 1. The van der Waals surface area contributed by atoms with E-state index in [-0.39, 0.29) is 17.7 Å². The second-order valence-electron chi connectivity index (χ2n) is 7.03. The van der Waals surface area contributed by atoms with Crippen molar-refractivity contribution in [2.75, 3.05) is 26.5 Å². The van der Waals surface area contributed by atoms with Crippen LogP contribution in [0, 0.1) is 11.6 Å². The van der Waals surface area contributed by atoms with Gasteiger partial charge in [-0.2, -0.15) is 0 Å². The van der Waals surface area contributed by atoms with Gasteiger partial charge in [0.15, 0.2) is 23.1 Å². The molecule has 1 amide bonds. The zero-order valence-corrected chi connectivity index (χ0v) is 18.7. The van der Waals surface area contributed by atoms with Gasteiger partial charge in [0.1, 0.15) is 0 Å². The molecule has 0 bridgehead atoms. The summed E-state index contributed by atoms with van der Waals surface area (Å²) < 4.78 is 37.6. The van der Waals surface area contributed by atoms with Crippen molar-refractivity contribution in [1.29, 1.82) is 0 Å². The van der Waals surface area contributed by atoms with E-state index in [2.05, 4.69) is 0 Å². The van der Waals surface area contributed by atoms with Gasteiger partial charge in [-0.1, -0.05) is 6.07 Å². The number of thiophene rings is 1. The van der Waals surface area contributed by atoms with Gasteiger partial charge in [-0.15, -0.1) is 23.1 Å². The molecule has 2 heterocycles. The highest BCUT2D eigenvalue weighted by Crippen LogP contribution is 2.42. The van der Waals surface area contributed by atoms with Crippen molar-refractivity contribution in [2.45, 2.75) is 17.4 Å². The van der Waals surface area contributed by atoms with E-state index in [9.17, 15) is 13.6 Å². The predicted molar refractivity (Wildman–Crippen MR) is 118 cm³/mol. The molecule has 1 aliphatic heterocycles. The maximum absolute atomic E-state index is 13.5. The fourth-order valence-corrected chi connectivity index (χ4v) is 5.42. The Kier molecular flexibility index (Phi) is 6.48. The zero-order valence-electron chi connectivity index (χ0n) is 17.1. The first-order valence-corrected chi connectivity index (χ1v) is 11.5. The Morgan fingerprint density at radius 1 is 1.13 bits per heavy atom. The molecule has 2 aromatic carbocycles. The molecule has 0 N–H and O–H groups in total. The highest BCUT2D eigenvalue weighted by Gasteiger charge is 2.33. The Morgan fingerprint density at radius 2 is 1.90 bits per heavy atom. The van der Waals surface area contributed by atoms with Crippen LogP contribution in [0.4, 0.5) is 8.78 Å². The van der Waals surface area contributed by atoms with Gasteiger partial charge in [-0.05, 0) is 59.3 Å². The molecule has 31 heavy (non-hydrogen) atoms. The van der Waals surface area contributed by atoms with E-state index in [1.807, 2.05) is 34.5 Å². The molecular formula is C23H21F2NO3S2. The largest absolute Gasteiger partial charge is 0.493 e. The molecule has 3 aromatic rings. The van der Waals surface area contributed by atoms with E-state index in [1.54, 1.807) is 25.6 Å². The Labute approximate surface area is 187 Å². The summed E-state index contributed by atoms with van der Waals surface area (Å²) in [6, 6.07) is 11.3. The normalized spacial score (nSPS) is 15.5. The number of hydrogen-bond donors (Lipinski definition) is 0. The quantitative estimate of drug-likeness (QED) is 0.467. The fourth-order valence-electron chi connectivity index (χ4n) is 3.76. The van der Waals surface area contributed by atoms with E-state index in [0.717, 1.165) is 28.1 Å². The molecule has 0 saturated carbocycles. The van der Waals surface area contributed by atoms with E-state index in [1.165, 1.54) is 17.8 Å². The third-order valence-electron chi connectivity index (χ3n) is 5.26. The second-order valence-corrected chi connectivity index (χ2v) is 9.05. The lowest BCUT2D eigenvalue weighted by Gasteiger charge is -2.37. The smallest absolute Gasteiger partial charge is 0.233 e. The molecule has 1 unspecified atom stereocenters. The van der Waals surface area contributed by atoms with Crippen LogP contribution < -0.4 is 9.47 Å². The summed E-state index contributed by atoms with van der Waals surface area (Å²) in [5.41, 5.74) is 2.13. The van der Waals surface area contributed by atoms with Gasteiger partial charge >= 0.3 is 0 Å². The first kappa shape index (κ1) is 21.6. The number of nitrogens with zero attached hydrogens (tertiary/aromatic N) is 1. The maximum atomic E-state index is 13.5. The molecular weight excluding hydrogens is 440 g/mol. The monoisotopic (exact) mass is 461 g/mol. The number of rotatable bonds is 6. The van der Waals surface area contributed by atoms with Gasteiger partial charge in [-0.25, -0.2) is 8.78 Å². The summed E-state index contributed by atoms with van der Waals surface area (Å²) in [6.07, 6.45) is 0.694. The van der Waals surface area contributed by atoms with Crippen molar-refractivity contribution in [2.24, 2.45) is 0 Å². The average Bonchev–Trinajstić information content (AvgIpc) is 3.32. The molecule has 1 aliphatic rings. The third kappa shape index (κ3) is 4.41. The van der Waals surface area contributed by atoms with Crippen molar-refractivity contribution >= 4 is 29.0 Å². The van der Waals surface area contributed by atoms with E-state index >= 15 is 0 Å². The zero-order chi connectivity index (χ0) is 22.0. The van der Waals surface area contributed by atoms with Crippen LogP contribution in [-0.4, -0.2) is 37.3 Å². The fraction of sp³-hybridized carbons (Fsp3) is 0.261. The molecule has 4 rings (SSSR count). The highest BCUT2D eigenvalue weighted by atomic mass is 32.2. The Hall–Kier alpha value is -2.58. The van der Waals surface area contributed by atoms with E-state index in [4.69, 9.17) is 9.47 Å².